The number of carboxylic acids is 1. The number of hydrogen-bond acceptors (Lipinski definition) is 5. The lowest BCUT2D eigenvalue weighted by atomic mass is 9.89. The molecule has 0 unspecified atom stereocenters. The zero-order valence-corrected chi connectivity index (χ0v) is 27.5. The molecule has 0 heterocycles. The van der Waals surface area contributed by atoms with E-state index in [2.05, 4.69) is 5.32 Å². The molecular weight excluding hydrogens is 643 g/mol. The lowest BCUT2D eigenvalue weighted by Crippen LogP contribution is -2.49. The Balaban J connectivity index is 0.00000107. The largest absolute Gasteiger partial charge is 0.490 e. The SMILES string of the molecule is CN(C)C(=O)N(C)Cc1ccc(CN(C(=O)C(c2ccccc2)c2ccccc2)[C@H](CCCNC(=N)N)C(N)=O)cc1.O=C(O)C(F)(F)F. The average molecular weight is 686 g/mol. The van der Waals surface area contributed by atoms with Gasteiger partial charge in [-0.1, -0.05) is 84.9 Å². The summed E-state index contributed by atoms with van der Waals surface area (Å²) in [5.74, 6) is -4.41. The van der Waals surface area contributed by atoms with E-state index in [4.69, 9.17) is 26.8 Å². The molecular formula is C34H42F3N7O5. The van der Waals surface area contributed by atoms with Crippen LogP contribution in [0.25, 0.3) is 0 Å². The van der Waals surface area contributed by atoms with Crippen molar-refractivity contribution >= 4 is 29.8 Å². The third-order valence-corrected chi connectivity index (χ3v) is 7.22. The Labute approximate surface area is 283 Å². The van der Waals surface area contributed by atoms with E-state index in [-0.39, 0.29) is 24.4 Å². The summed E-state index contributed by atoms with van der Waals surface area (Å²) in [5.41, 5.74) is 14.7. The van der Waals surface area contributed by atoms with Crippen LogP contribution in [-0.4, -0.2) is 89.5 Å². The van der Waals surface area contributed by atoms with Crippen LogP contribution in [0.15, 0.2) is 84.9 Å². The van der Waals surface area contributed by atoms with Crippen LogP contribution in [0.2, 0.25) is 0 Å². The lowest BCUT2D eigenvalue weighted by molar-refractivity contribution is -0.192. The monoisotopic (exact) mass is 685 g/mol. The highest BCUT2D eigenvalue weighted by Gasteiger charge is 2.38. The van der Waals surface area contributed by atoms with E-state index in [0.717, 1.165) is 22.3 Å². The van der Waals surface area contributed by atoms with E-state index in [9.17, 15) is 27.6 Å². The standard InChI is InChI=1S/C32H41N7O3.C2HF3O2/c1-37(2)32(42)38(3)21-23-16-18-24(19-17-23)22-39(27(29(33)40)15-10-20-36-31(34)35)30(41)28(25-11-6-4-7-12-25)26-13-8-5-9-14-26;3-2(4,5)1(6)7/h4-9,11-14,16-19,27-28H,10,15,20-22H2,1-3H3,(H2,33,40)(H4,34,35,36);(H,6,7)/t27-;/m1./s1. The highest BCUT2D eigenvalue weighted by molar-refractivity contribution is 5.92. The number of urea groups is 1. The molecule has 0 spiro atoms. The second kappa shape index (κ2) is 18.7. The van der Waals surface area contributed by atoms with Crippen molar-refractivity contribution in [1.29, 1.82) is 5.41 Å². The number of halogens is 3. The number of carboxylic acid groups (broad SMARTS) is 1. The third kappa shape index (κ3) is 12.8. The molecule has 0 aromatic heterocycles. The molecule has 0 fully saturated rings. The molecule has 1 atom stereocenters. The summed E-state index contributed by atoms with van der Waals surface area (Å²) in [7, 11) is 5.15. The molecule has 12 nitrogen and oxygen atoms in total. The van der Waals surface area contributed by atoms with Crippen molar-refractivity contribution in [1.82, 2.24) is 20.0 Å². The topological polar surface area (TPSA) is 186 Å². The van der Waals surface area contributed by atoms with E-state index in [0.29, 0.717) is 25.9 Å². The number of nitrogens with two attached hydrogens (primary N) is 2. The molecule has 3 aromatic rings. The minimum Gasteiger partial charge on any atom is -0.475 e. The van der Waals surface area contributed by atoms with Gasteiger partial charge in [-0.3, -0.25) is 15.0 Å². The fourth-order valence-electron chi connectivity index (χ4n) is 4.88. The van der Waals surface area contributed by atoms with E-state index >= 15 is 0 Å². The van der Waals surface area contributed by atoms with Gasteiger partial charge in [0.2, 0.25) is 11.8 Å². The van der Waals surface area contributed by atoms with Gasteiger partial charge in [0, 0.05) is 40.8 Å². The maximum absolute atomic E-state index is 14.5. The number of guanidine groups is 1. The smallest absolute Gasteiger partial charge is 0.475 e. The zero-order valence-electron chi connectivity index (χ0n) is 27.5. The summed E-state index contributed by atoms with van der Waals surface area (Å²) in [6.45, 7) is 0.961. The van der Waals surface area contributed by atoms with Gasteiger partial charge in [-0.15, -0.1) is 0 Å². The van der Waals surface area contributed by atoms with Gasteiger partial charge in [0.15, 0.2) is 5.96 Å². The minimum atomic E-state index is -5.08. The Hall–Kier alpha value is -5.60. The molecule has 0 bridgehead atoms. The molecule has 0 aliphatic rings. The number of carbonyl (C=O) groups excluding carboxylic acids is 3. The van der Waals surface area contributed by atoms with E-state index in [1.165, 1.54) is 4.90 Å². The number of nitrogens with zero attached hydrogens (tertiary/aromatic N) is 3. The van der Waals surface area contributed by atoms with Crippen LogP contribution in [-0.2, 0) is 27.5 Å². The first-order chi connectivity index (χ1) is 23.0. The van der Waals surface area contributed by atoms with Crippen LogP contribution < -0.4 is 16.8 Å². The first-order valence-electron chi connectivity index (χ1n) is 15.1. The van der Waals surface area contributed by atoms with Crippen molar-refractivity contribution in [3.8, 4) is 0 Å². The second-order valence-electron chi connectivity index (χ2n) is 11.3. The number of amides is 4. The number of hydrogen-bond donors (Lipinski definition) is 5. The second-order valence-corrected chi connectivity index (χ2v) is 11.3. The van der Waals surface area contributed by atoms with Crippen LogP contribution in [0.4, 0.5) is 18.0 Å². The number of aliphatic carboxylic acids is 1. The number of primary amides is 1. The molecule has 0 saturated carbocycles. The lowest BCUT2D eigenvalue weighted by Gasteiger charge is -2.33. The van der Waals surface area contributed by atoms with Gasteiger partial charge in [0.25, 0.3) is 0 Å². The maximum atomic E-state index is 14.5. The summed E-state index contributed by atoms with van der Waals surface area (Å²) in [6.07, 6.45) is -4.31. The van der Waals surface area contributed by atoms with Gasteiger partial charge in [-0.2, -0.15) is 13.2 Å². The van der Waals surface area contributed by atoms with Crippen molar-refractivity contribution in [2.75, 3.05) is 27.7 Å². The average Bonchev–Trinajstić information content (AvgIpc) is 3.05. The number of carbonyl (C=O) groups is 4. The van der Waals surface area contributed by atoms with Gasteiger partial charge in [0.1, 0.15) is 6.04 Å². The fourth-order valence-corrected chi connectivity index (χ4v) is 4.88. The quantitative estimate of drug-likeness (QED) is 0.103. The fraction of sp³-hybridized carbons (Fsp3) is 0.324. The van der Waals surface area contributed by atoms with Gasteiger partial charge < -0.3 is 36.6 Å². The molecule has 3 aromatic carbocycles. The first kappa shape index (κ1) is 39.6. The third-order valence-electron chi connectivity index (χ3n) is 7.22. The van der Waals surface area contributed by atoms with Crippen LogP contribution in [0.5, 0.6) is 0 Å². The Kier molecular flexibility index (Phi) is 15.1. The van der Waals surface area contributed by atoms with E-state index in [1.807, 2.05) is 84.9 Å². The van der Waals surface area contributed by atoms with Gasteiger partial charge >= 0.3 is 18.2 Å². The minimum absolute atomic E-state index is 0.104. The molecule has 264 valence electrons. The maximum Gasteiger partial charge on any atom is 0.490 e. The summed E-state index contributed by atoms with van der Waals surface area (Å²) >= 11 is 0. The van der Waals surface area contributed by atoms with Crippen LogP contribution >= 0.6 is 0 Å². The Morgan fingerprint density at radius 3 is 1.65 bits per heavy atom. The summed E-state index contributed by atoms with van der Waals surface area (Å²) in [5, 5.41) is 17.3. The van der Waals surface area contributed by atoms with E-state index < -0.39 is 30.0 Å². The van der Waals surface area contributed by atoms with Crippen molar-refractivity contribution < 1.29 is 37.5 Å². The van der Waals surface area contributed by atoms with Gasteiger partial charge in [0.05, 0.1) is 5.92 Å². The predicted octanol–water partition coefficient (Wildman–Crippen LogP) is 3.71. The molecule has 3 rings (SSSR count). The molecule has 0 radical (unpaired) electrons. The van der Waals surface area contributed by atoms with Crippen LogP contribution in [0, 0.1) is 5.41 Å². The van der Waals surface area contributed by atoms with Crippen LogP contribution in [0.1, 0.15) is 41.0 Å². The molecule has 4 amide bonds. The van der Waals surface area contributed by atoms with Gasteiger partial charge in [-0.25, -0.2) is 9.59 Å². The van der Waals surface area contributed by atoms with Crippen LogP contribution in [0.3, 0.4) is 0 Å². The molecule has 0 aliphatic heterocycles. The Morgan fingerprint density at radius 2 is 1.27 bits per heavy atom. The molecule has 0 saturated heterocycles. The summed E-state index contributed by atoms with van der Waals surface area (Å²) in [4.78, 5) is 53.2. The number of nitrogens with one attached hydrogen (secondary N) is 2. The molecule has 0 aliphatic carbocycles. The van der Waals surface area contributed by atoms with Crippen molar-refractivity contribution in [2.24, 2.45) is 11.5 Å². The highest BCUT2D eigenvalue weighted by atomic mass is 19.4. The van der Waals surface area contributed by atoms with Crippen molar-refractivity contribution in [2.45, 2.75) is 44.1 Å². The number of benzene rings is 3. The first-order valence-corrected chi connectivity index (χ1v) is 15.1. The highest BCUT2D eigenvalue weighted by Crippen LogP contribution is 2.29. The number of alkyl halides is 3. The molecule has 49 heavy (non-hydrogen) atoms. The number of rotatable bonds is 13. The summed E-state index contributed by atoms with van der Waals surface area (Å²) in [6, 6.07) is 25.6. The predicted molar refractivity (Wildman–Crippen MR) is 178 cm³/mol. The van der Waals surface area contributed by atoms with E-state index in [1.54, 1.807) is 30.9 Å². The van der Waals surface area contributed by atoms with Crippen molar-refractivity contribution in [3.63, 3.8) is 0 Å². The Bertz CT molecular complexity index is 1500. The zero-order chi connectivity index (χ0) is 36.7. The Morgan fingerprint density at radius 1 is 0.816 bits per heavy atom. The van der Waals surface area contributed by atoms with Crippen molar-refractivity contribution in [3.05, 3.63) is 107 Å². The molecule has 15 heteroatoms. The molecule has 7 N–H and O–H groups in total. The summed E-state index contributed by atoms with van der Waals surface area (Å²) < 4.78 is 31.7. The normalized spacial score (nSPS) is 11.4. The van der Waals surface area contributed by atoms with Gasteiger partial charge in [-0.05, 0) is 35.1 Å².